The van der Waals surface area contributed by atoms with Crippen molar-refractivity contribution >= 4 is 11.6 Å². The molecule has 1 amide bonds. The minimum absolute atomic E-state index is 0.0967. The van der Waals surface area contributed by atoms with E-state index in [2.05, 4.69) is 10.4 Å². The largest absolute Gasteiger partial charge is 0.396 e. The molecule has 120 valence electrons. The highest BCUT2D eigenvalue weighted by Gasteiger charge is 2.18. The fourth-order valence-electron chi connectivity index (χ4n) is 2.14. The van der Waals surface area contributed by atoms with Crippen LogP contribution in [0.3, 0.4) is 0 Å². The van der Waals surface area contributed by atoms with E-state index in [-0.39, 0.29) is 36.6 Å². The van der Waals surface area contributed by atoms with Gasteiger partial charge in [0.1, 0.15) is 0 Å². The molecule has 7 heteroatoms. The summed E-state index contributed by atoms with van der Waals surface area (Å²) in [5.41, 5.74) is 0.172. The number of hydrogen-bond donors (Lipinski definition) is 2. The van der Waals surface area contributed by atoms with Crippen LogP contribution >= 0.6 is 0 Å². The molecule has 2 heterocycles. The van der Waals surface area contributed by atoms with Gasteiger partial charge in [-0.1, -0.05) is 19.9 Å². The molecule has 0 atom stereocenters. The second-order valence-corrected chi connectivity index (χ2v) is 6.10. The highest BCUT2D eigenvalue weighted by atomic mass is 16.3. The van der Waals surface area contributed by atoms with Crippen molar-refractivity contribution in [2.75, 3.05) is 13.2 Å². The molecule has 0 unspecified atom stereocenters. The van der Waals surface area contributed by atoms with E-state index in [4.69, 9.17) is 5.11 Å². The summed E-state index contributed by atoms with van der Waals surface area (Å²) in [6.07, 6.45) is 2.47. The fraction of sp³-hybridized carbons (Fsp3) is 0.533. The van der Waals surface area contributed by atoms with Crippen molar-refractivity contribution in [1.82, 2.24) is 19.5 Å². The Hall–Kier alpha value is -2.15. The molecule has 0 saturated heterocycles. The molecule has 0 spiro atoms. The number of aliphatic hydroxyl groups excluding tert-OH is 1. The number of pyridine rings is 1. The third-order valence-electron chi connectivity index (χ3n) is 3.59. The van der Waals surface area contributed by atoms with Gasteiger partial charge in [0.15, 0.2) is 5.65 Å². The Morgan fingerprint density at radius 3 is 2.86 bits per heavy atom. The number of amides is 1. The molecule has 2 N–H and O–H groups in total. The van der Waals surface area contributed by atoms with Gasteiger partial charge in [0.05, 0.1) is 6.54 Å². The average molecular weight is 306 g/mol. The normalized spacial score (nSPS) is 11.8. The minimum Gasteiger partial charge on any atom is -0.396 e. The van der Waals surface area contributed by atoms with E-state index in [1.54, 1.807) is 18.3 Å². The van der Waals surface area contributed by atoms with Crippen LogP contribution in [0, 0.1) is 5.41 Å². The van der Waals surface area contributed by atoms with E-state index in [0.717, 1.165) is 0 Å². The number of aromatic nitrogens is 3. The zero-order chi connectivity index (χ0) is 16.2. The van der Waals surface area contributed by atoms with E-state index in [1.807, 2.05) is 19.9 Å². The third-order valence-corrected chi connectivity index (χ3v) is 3.59. The summed E-state index contributed by atoms with van der Waals surface area (Å²) in [7, 11) is 0. The molecule has 22 heavy (non-hydrogen) atoms. The second-order valence-electron chi connectivity index (χ2n) is 6.10. The second kappa shape index (κ2) is 6.74. The number of nitrogens with zero attached hydrogens (tertiary/aromatic N) is 3. The van der Waals surface area contributed by atoms with Crippen LogP contribution in [-0.2, 0) is 11.3 Å². The van der Waals surface area contributed by atoms with Gasteiger partial charge in [-0.15, -0.1) is 5.10 Å². The number of carbonyl (C=O) groups excluding carboxylic acids is 1. The van der Waals surface area contributed by atoms with Gasteiger partial charge in [-0.05, 0) is 24.0 Å². The van der Waals surface area contributed by atoms with Gasteiger partial charge in [-0.25, -0.2) is 9.48 Å². The lowest BCUT2D eigenvalue weighted by Crippen LogP contribution is -2.35. The Balaban J connectivity index is 1.90. The first-order valence-corrected chi connectivity index (χ1v) is 7.35. The first kappa shape index (κ1) is 16.2. The van der Waals surface area contributed by atoms with Crippen LogP contribution in [-0.4, -0.2) is 38.3 Å². The number of rotatable bonds is 7. The molecular weight excluding hydrogens is 284 g/mol. The molecule has 2 aromatic rings. The maximum atomic E-state index is 12.0. The van der Waals surface area contributed by atoms with Gasteiger partial charge in [0.2, 0.25) is 5.91 Å². The molecule has 0 aliphatic carbocycles. The first-order chi connectivity index (χ1) is 10.4. The van der Waals surface area contributed by atoms with E-state index in [9.17, 15) is 9.59 Å². The number of fused-ring (bicyclic) bond motifs is 1. The monoisotopic (exact) mass is 306 g/mol. The van der Waals surface area contributed by atoms with Gasteiger partial charge in [-0.2, -0.15) is 0 Å². The lowest BCUT2D eigenvalue weighted by Gasteiger charge is -2.23. The number of carbonyl (C=O) groups is 1. The van der Waals surface area contributed by atoms with Crippen molar-refractivity contribution in [3.05, 3.63) is 34.9 Å². The molecular formula is C15H22N4O3. The van der Waals surface area contributed by atoms with Crippen LogP contribution < -0.4 is 11.0 Å². The van der Waals surface area contributed by atoms with Crippen LogP contribution in [0.25, 0.3) is 5.65 Å². The number of nitrogens with one attached hydrogen (secondary N) is 1. The average Bonchev–Trinajstić information content (AvgIpc) is 2.80. The number of aliphatic hydroxyl groups is 1. The van der Waals surface area contributed by atoms with Gasteiger partial charge in [0, 0.05) is 25.8 Å². The lowest BCUT2D eigenvalue weighted by atomic mass is 9.90. The van der Waals surface area contributed by atoms with E-state index in [0.29, 0.717) is 18.6 Å². The SMILES string of the molecule is CC(C)(CCO)CNC(=O)CCn1nc2ccccn2c1=O. The molecule has 0 aromatic carbocycles. The standard InChI is InChI=1S/C15H22N4O3/c1-15(2,7-10-20)11-16-13(21)6-9-19-14(22)18-8-4-3-5-12(18)17-19/h3-5,8,20H,6-7,9-11H2,1-2H3,(H,16,21). The Bertz CT molecular complexity index is 702. The summed E-state index contributed by atoms with van der Waals surface area (Å²) >= 11 is 0. The Morgan fingerprint density at radius 2 is 2.18 bits per heavy atom. The first-order valence-electron chi connectivity index (χ1n) is 7.35. The molecule has 0 bridgehead atoms. The Labute approximate surface area is 128 Å². The quantitative estimate of drug-likeness (QED) is 0.775. The Morgan fingerprint density at radius 1 is 1.41 bits per heavy atom. The van der Waals surface area contributed by atoms with Crippen molar-refractivity contribution in [1.29, 1.82) is 0 Å². The van der Waals surface area contributed by atoms with Crippen molar-refractivity contribution < 1.29 is 9.90 Å². The molecule has 0 aliphatic rings. The van der Waals surface area contributed by atoms with Crippen molar-refractivity contribution in [2.45, 2.75) is 33.2 Å². The topological polar surface area (TPSA) is 88.6 Å². The van der Waals surface area contributed by atoms with Crippen molar-refractivity contribution in [3.63, 3.8) is 0 Å². The summed E-state index contributed by atoms with van der Waals surface area (Å²) in [6, 6.07) is 5.31. The smallest absolute Gasteiger partial charge is 0.350 e. The van der Waals surface area contributed by atoms with Crippen LogP contribution in [0.15, 0.2) is 29.2 Å². The Kier molecular flexibility index (Phi) is 4.97. The summed E-state index contributed by atoms with van der Waals surface area (Å²) < 4.78 is 2.75. The van der Waals surface area contributed by atoms with Crippen LogP contribution in [0.2, 0.25) is 0 Å². The van der Waals surface area contributed by atoms with E-state index >= 15 is 0 Å². The lowest BCUT2D eigenvalue weighted by molar-refractivity contribution is -0.121. The minimum atomic E-state index is -0.246. The van der Waals surface area contributed by atoms with Crippen LogP contribution in [0.4, 0.5) is 0 Å². The van der Waals surface area contributed by atoms with Gasteiger partial charge in [0.25, 0.3) is 0 Å². The summed E-state index contributed by atoms with van der Waals surface area (Å²) in [5, 5.41) is 16.0. The highest BCUT2D eigenvalue weighted by Crippen LogP contribution is 2.17. The molecule has 7 nitrogen and oxygen atoms in total. The summed E-state index contributed by atoms with van der Waals surface area (Å²) in [5.74, 6) is -0.130. The van der Waals surface area contributed by atoms with Crippen molar-refractivity contribution in [3.8, 4) is 0 Å². The summed E-state index contributed by atoms with van der Waals surface area (Å²) in [6.45, 7) is 4.80. The molecule has 0 aliphatic heterocycles. The predicted octanol–water partition coefficient (Wildman–Crippen LogP) is 0.411. The number of hydrogen-bond acceptors (Lipinski definition) is 4. The van der Waals surface area contributed by atoms with Gasteiger partial charge >= 0.3 is 5.69 Å². The van der Waals surface area contributed by atoms with E-state index in [1.165, 1.54) is 9.08 Å². The molecule has 0 saturated carbocycles. The number of aryl methyl sites for hydroxylation is 1. The van der Waals surface area contributed by atoms with Crippen molar-refractivity contribution in [2.24, 2.45) is 5.41 Å². The zero-order valence-corrected chi connectivity index (χ0v) is 13.0. The highest BCUT2D eigenvalue weighted by molar-refractivity contribution is 5.75. The molecule has 2 rings (SSSR count). The van der Waals surface area contributed by atoms with Gasteiger partial charge in [-0.3, -0.25) is 9.20 Å². The molecule has 0 radical (unpaired) electrons. The fourth-order valence-corrected chi connectivity index (χ4v) is 2.14. The zero-order valence-electron chi connectivity index (χ0n) is 13.0. The maximum absolute atomic E-state index is 12.0. The van der Waals surface area contributed by atoms with Gasteiger partial charge < -0.3 is 10.4 Å². The maximum Gasteiger partial charge on any atom is 0.350 e. The molecule has 2 aromatic heterocycles. The summed E-state index contributed by atoms with van der Waals surface area (Å²) in [4.78, 5) is 23.9. The van der Waals surface area contributed by atoms with Crippen LogP contribution in [0.5, 0.6) is 0 Å². The predicted molar refractivity (Wildman–Crippen MR) is 82.6 cm³/mol. The van der Waals surface area contributed by atoms with Crippen LogP contribution in [0.1, 0.15) is 26.7 Å². The van der Waals surface area contributed by atoms with E-state index < -0.39 is 0 Å². The third kappa shape index (κ3) is 3.94. The molecule has 0 fully saturated rings.